The molecule has 0 heterocycles. The predicted octanol–water partition coefficient (Wildman–Crippen LogP) is 0.00528. The maximum atomic E-state index is 11.9. The topological polar surface area (TPSA) is 85.2 Å². The Balaban J connectivity index is 1.72. The molecule has 0 spiro atoms. The molecule has 20 heavy (non-hydrogen) atoms. The molecule has 2 aliphatic carbocycles. The monoisotopic (exact) mass is 278 g/mol. The number of carbonyl (C=O) groups is 2. The second-order valence-electron chi connectivity index (χ2n) is 6.15. The number of hydrogen-bond acceptors (Lipinski definition) is 4. The highest BCUT2D eigenvalue weighted by atomic mass is 16.2. The Hall–Kier alpha value is -1.61. The first-order valence-corrected chi connectivity index (χ1v) is 7.13. The molecule has 1 atom stereocenters. The standard InChI is InChI=1S/C14H22N4O2/c1-14(9-15,10-3-4-10)17-13(20)8-18(2)7-12(19)16-11-5-6-11/h10-11H,3-8H2,1-2H3,(H,16,19)(H,17,20). The van der Waals surface area contributed by atoms with Crippen LogP contribution in [0.25, 0.3) is 0 Å². The fourth-order valence-corrected chi connectivity index (χ4v) is 2.26. The van der Waals surface area contributed by atoms with Gasteiger partial charge >= 0.3 is 0 Å². The molecule has 2 fully saturated rings. The molecule has 2 N–H and O–H groups in total. The Morgan fingerprint density at radius 3 is 2.35 bits per heavy atom. The summed E-state index contributed by atoms with van der Waals surface area (Å²) in [7, 11) is 1.73. The van der Waals surface area contributed by atoms with Gasteiger partial charge in [-0.1, -0.05) is 0 Å². The van der Waals surface area contributed by atoms with Crippen LogP contribution in [0, 0.1) is 17.2 Å². The lowest BCUT2D eigenvalue weighted by Gasteiger charge is -2.24. The lowest BCUT2D eigenvalue weighted by atomic mass is 9.98. The molecule has 0 aromatic heterocycles. The minimum Gasteiger partial charge on any atom is -0.352 e. The predicted molar refractivity (Wildman–Crippen MR) is 73.5 cm³/mol. The van der Waals surface area contributed by atoms with Crippen LogP contribution in [0.5, 0.6) is 0 Å². The van der Waals surface area contributed by atoms with E-state index in [9.17, 15) is 14.9 Å². The summed E-state index contributed by atoms with van der Waals surface area (Å²) >= 11 is 0. The van der Waals surface area contributed by atoms with Crippen molar-refractivity contribution in [3.05, 3.63) is 0 Å². The molecule has 6 nitrogen and oxygen atoms in total. The zero-order valence-electron chi connectivity index (χ0n) is 12.1. The summed E-state index contributed by atoms with van der Waals surface area (Å²) in [6.07, 6.45) is 4.09. The molecule has 1 unspecified atom stereocenters. The first kappa shape index (κ1) is 14.8. The highest BCUT2D eigenvalue weighted by Gasteiger charge is 2.43. The summed E-state index contributed by atoms with van der Waals surface area (Å²) < 4.78 is 0. The maximum Gasteiger partial charge on any atom is 0.235 e. The van der Waals surface area contributed by atoms with Crippen LogP contribution in [0.2, 0.25) is 0 Å². The Kier molecular flexibility index (Phi) is 4.29. The van der Waals surface area contributed by atoms with Crippen LogP contribution in [-0.2, 0) is 9.59 Å². The van der Waals surface area contributed by atoms with Gasteiger partial charge < -0.3 is 10.6 Å². The minimum absolute atomic E-state index is 0.0481. The number of nitriles is 1. The summed E-state index contributed by atoms with van der Waals surface area (Å²) in [6.45, 7) is 2.10. The Labute approximate surface area is 119 Å². The highest BCUT2D eigenvalue weighted by Crippen LogP contribution is 2.39. The van der Waals surface area contributed by atoms with Crippen LogP contribution in [0.3, 0.4) is 0 Å². The van der Waals surface area contributed by atoms with Crippen molar-refractivity contribution in [3.63, 3.8) is 0 Å². The van der Waals surface area contributed by atoms with Gasteiger partial charge in [0.2, 0.25) is 11.8 Å². The number of rotatable bonds is 7. The van der Waals surface area contributed by atoms with Gasteiger partial charge in [-0.25, -0.2) is 0 Å². The van der Waals surface area contributed by atoms with Crippen LogP contribution >= 0.6 is 0 Å². The van der Waals surface area contributed by atoms with Gasteiger partial charge in [-0.15, -0.1) is 0 Å². The molecule has 2 aliphatic rings. The lowest BCUT2D eigenvalue weighted by molar-refractivity contribution is -0.125. The van der Waals surface area contributed by atoms with Gasteiger partial charge in [-0.3, -0.25) is 14.5 Å². The van der Waals surface area contributed by atoms with E-state index in [1.54, 1.807) is 18.9 Å². The van der Waals surface area contributed by atoms with E-state index in [1.807, 2.05) is 0 Å². The summed E-state index contributed by atoms with van der Waals surface area (Å²) in [5, 5.41) is 14.9. The SMILES string of the molecule is CN(CC(=O)NC1CC1)CC(=O)NC(C)(C#N)C1CC1. The van der Waals surface area contributed by atoms with Gasteiger partial charge in [0.15, 0.2) is 0 Å². The number of carbonyl (C=O) groups excluding carboxylic acids is 2. The zero-order valence-corrected chi connectivity index (χ0v) is 12.1. The van der Waals surface area contributed by atoms with Crippen molar-refractivity contribution in [2.45, 2.75) is 44.2 Å². The quantitative estimate of drug-likeness (QED) is 0.687. The van der Waals surface area contributed by atoms with Gasteiger partial charge in [0.05, 0.1) is 19.2 Å². The van der Waals surface area contributed by atoms with Crippen molar-refractivity contribution in [3.8, 4) is 6.07 Å². The molecule has 0 saturated heterocycles. The van der Waals surface area contributed by atoms with E-state index in [1.165, 1.54) is 0 Å². The van der Waals surface area contributed by atoms with Gasteiger partial charge in [0.25, 0.3) is 0 Å². The average molecular weight is 278 g/mol. The number of amides is 2. The van der Waals surface area contributed by atoms with E-state index in [2.05, 4.69) is 16.7 Å². The maximum absolute atomic E-state index is 11.9. The van der Waals surface area contributed by atoms with E-state index >= 15 is 0 Å². The fourth-order valence-electron chi connectivity index (χ4n) is 2.26. The van der Waals surface area contributed by atoms with Crippen LogP contribution < -0.4 is 10.6 Å². The average Bonchev–Trinajstić information content (AvgIpc) is 3.21. The van der Waals surface area contributed by atoms with Crippen molar-refractivity contribution in [1.82, 2.24) is 15.5 Å². The Bertz CT molecular complexity index is 437. The van der Waals surface area contributed by atoms with Crippen molar-refractivity contribution in [2.75, 3.05) is 20.1 Å². The van der Waals surface area contributed by atoms with Gasteiger partial charge in [-0.05, 0) is 45.6 Å². The van der Waals surface area contributed by atoms with Crippen molar-refractivity contribution in [2.24, 2.45) is 5.92 Å². The fraction of sp³-hybridized carbons (Fsp3) is 0.786. The molecule has 2 amide bonds. The van der Waals surface area contributed by atoms with Gasteiger partial charge in [0, 0.05) is 6.04 Å². The third-order valence-electron chi connectivity index (χ3n) is 3.79. The lowest BCUT2D eigenvalue weighted by Crippen LogP contribution is -2.50. The number of nitrogens with zero attached hydrogens (tertiary/aromatic N) is 2. The second-order valence-corrected chi connectivity index (χ2v) is 6.15. The molecule has 0 bridgehead atoms. The summed E-state index contributed by atoms with van der Waals surface area (Å²) in [5.41, 5.74) is -0.770. The molecule has 0 radical (unpaired) electrons. The molecule has 0 aromatic rings. The molecular weight excluding hydrogens is 256 g/mol. The summed E-state index contributed by atoms with van der Waals surface area (Å²) in [6, 6.07) is 2.52. The van der Waals surface area contributed by atoms with Crippen molar-refractivity contribution < 1.29 is 9.59 Å². The van der Waals surface area contributed by atoms with E-state index in [-0.39, 0.29) is 30.8 Å². The van der Waals surface area contributed by atoms with Crippen LogP contribution in [-0.4, -0.2) is 48.4 Å². The third-order valence-corrected chi connectivity index (χ3v) is 3.79. The molecule has 0 aromatic carbocycles. The van der Waals surface area contributed by atoms with Crippen molar-refractivity contribution in [1.29, 1.82) is 5.26 Å². The molecule has 6 heteroatoms. The number of likely N-dealkylation sites (N-methyl/N-ethyl adjacent to an activating group) is 1. The normalized spacial score (nSPS) is 20.9. The Morgan fingerprint density at radius 2 is 1.85 bits per heavy atom. The van der Waals surface area contributed by atoms with E-state index < -0.39 is 5.54 Å². The summed E-state index contributed by atoms with van der Waals surface area (Å²) in [4.78, 5) is 25.2. The molecule has 2 saturated carbocycles. The molecule has 110 valence electrons. The van der Waals surface area contributed by atoms with E-state index in [0.717, 1.165) is 25.7 Å². The van der Waals surface area contributed by atoms with Crippen LogP contribution in [0.4, 0.5) is 0 Å². The van der Waals surface area contributed by atoms with E-state index in [0.29, 0.717) is 6.04 Å². The smallest absolute Gasteiger partial charge is 0.235 e. The number of nitrogens with one attached hydrogen (secondary N) is 2. The highest BCUT2D eigenvalue weighted by molar-refractivity contribution is 5.82. The molecular formula is C14H22N4O2. The molecule has 0 aliphatic heterocycles. The zero-order chi connectivity index (χ0) is 14.8. The summed E-state index contributed by atoms with van der Waals surface area (Å²) in [5.74, 6) is 0.00984. The molecule has 2 rings (SSSR count). The second kappa shape index (κ2) is 5.80. The third kappa shape index (κ3) is 4.20. The largest absolute Gasteiger partial charge is 0.352 e. The van der Waals surface area contributed by atoms with Gasteiger partial charge in [0.1, 0.15) is 5.54 Å². The van der Waals surface area contributed by atoms with Crippen LogP contribution in [0.15, 0.2) is 0 Å². The Morgan fingerprint density at radius 1 is 1.25 bits per heavy atom. The van der Waals surface area contributed by atoms with Gasteiger partial charge in [-0.2, -0.15) is 5.26 Å². The first-order valence-electron chi connectivity index (χ1n) is 7.13. The van der Waals surface area contributed by atoms with E-state index in [4.69, 9.17) is 0 Å². The first-order chi connectivity index (χ1) is 9.43. The number of hydrogen-bond donors (Lipinski definition) is 2. The minimum atomic E-state index is -0.770. The van der Waals surface area contributed by atoms with Crippen molar-refractivity contribution >= 4 is 11.8 Å². The van der Waals surface area contributed by atoms with Crippen LogP contribution in [0.1, 0.15) is 32.6 Å².